The lowest BCUT2D eigenvalue weighted by Gasteiger charge is -2.34. The maximum atomic E-state index is 11.8. The van der Waals surface area contributed by atoms with Crippen LogP contribution in [0.15, 0.2) is 43.5 Å². The lowest BCUT2D eigenvalue weighted by molar-refractivity contribution is -0.127. The number of aryl methyl sites for hydroxylation is 1. The molecule has 0 saturated heterocycles. The summed E-state index contributed by atoms with van der Waals surface area (Å²) in [6.07, 6.45) is 12.3. The Morgan fingerprint density at radius 2 is 2.07 bits per heavy atom. The van der Waals surface area contributed by atoms with E-state index in [1.54, 1.807) is 26.5 Å². The van der Waals surface area contributed by atoms with Crippen LogP contribution in [0.25, 0.3) is 16.8 Å². The van der Waals surface area contributed by atoms with Gasteiger partial charge in [-0.25, -0.2) is 9.50 Å². The van der Waals surface area contributed by atoms with Crippen molar-refractivity contribution in [1.29, 1.82) is 0 Å². The maximum Gasteiger partial charge on any atom is 0.245 e. The number of hydrogen-bond acceptors (Lipinski definition) is 5. The molecule has 0 radical (unpaired) electrons. The summed E-state index contributed by atoms with van der Waals surface area (Å²) in [5, 5.41) is 8.56. The molecule has 0 unspecified atom stereocenters. The van der Waals surface area contributed by atoms with E-state index >= 15 is 0 Å². The second-order valence-electron chi connectivity index (χ2n) is 7.20. The monoisotopic (exact) mass is 380 g/mol. The molecule has 4 rings (SSSR count). The van der Waals surface area contributed by atoms with Gasteiger partial charge in [0.05, 0.1) is 24.3 Å². The molecule has 1 fully saturated rings. The van der Waals surface area contributed by atoms with Crippen LogP contribution in [-0.4, -0.2) is 54.4 Å². The minimum atomic E-state index is -0.0313. The average Bonchev–Trinajstić information content (AvgIpc) is 3.36. The molecule has 3 aromatic heterocycles. The smallest absolute Gasteiger partial charge is 0.245 e. The minimum Gasteiger partial charge on any atom is -0.473 e. The Kier molecular flexibility index (Phi) is 4.85. The molecule has 3 heterocycles. The Balaban J connectivity index is 1.51. The molecule has 1 aliphatic carbocycles. The van der Waals surface area contributed by atoms with Gasteiger partial charge in [0.2, 0.25) is 11.8 Å². The number of aromatic nitrogens is 5. The molecule has 28 heavy (non-hydrogen) atoms. The van der Waals surface area contributed by atoms with Gasteiger partial charge in [0.15, 0.2) is 0 Å². The summed E-state index contributed by atoms with van der Waals surface area (Å²) in [5.41, 5.74) is 2.52. The third-order valence-corrected chi connectivity index (χ3v) is 5.35. The number of likely N-dealkylation sites (N-methyl/N-ethyl adjacent to an activating group) is 1. The van der Waals surface area contributed by atoms with Crippen molar-refractivity contribution in [3.05, 3.63) is 43.5 Å². The van der Waals surface area contributed by atoms with Gasteiger partial charge in [0, 0.05) is 31.9 Å². The van der Waals surface area contributed by atoms with Crippen molar-refractivity contribution < 1.29 is 9.53 Å². The zero-order valence-electron chi connectivity index (χ0n) is 16.2. The van der Waals surface area contributed by atoms with Crippen molar-refractivity contribution in [3.63, 3.8) is 0 Å². The van der Waals surface area contributed by atoms with E-state index in [1.807, 2.05) is 32.6 Å². The van der Waals surface area contributed by atoms with Crippen molar-refractivity contribution in [2.75, 3.05) is 7.05 Å². The number of amides is 1. The Morgan fingerprint density at radius 1 is 1.29 bits per heavy atom. The molecule has 0 bridgehead atoms. The molecular weight excluding hydrogens is 356 g/mol. The molecule has 0 N–H and O–H groups in total. The van der Waals surface area contributed by atoms with Gasteiger partial charge >= 0.3 is 0 Å². The predicted octanol–water partition coefficient (Wildman–Crippen LogP) is 2.46. The molecule has 0 atom stereocenters. The number of fused-ring (bicyclic) bond motifs is 1. The van der Waals surface area contributed by atoms with Gasteiger partial charge in [0.1, 0.15) is 11.6 Å². The Labute approximate surface area is 163 Å². The number of carbonyl (C=O) groups excluding carboxylic acids is 1. The largest absolute Gasteiger partial charge is 0.473 e. The Bertz CT molecular complexity index is 999. The molecular formula is C20H24N6O2. The zero-order valence-corrected chi connectivity index (χ0v) is 16.2. The highest BCUT2D eigenvalue weighted by atomic mass is 16.5. The standard InChI is InChI=1S/C20H24N6O2/c1-4-19(27)25(3)15-5-7-16(8-6-15)28-20-18-9-10-21-26(18)13-17(23-20)14-11-22-24(2)12-14/h4,9-13,15-16H,1,5-8H2,2-3H3. The Hall–Kier alpha value is -3.16. The fraction of sp³-hybridized carbons (Fsp3) is 0.400. The summed E-state index contributed by atoms with van der Waals surface area (Å²) < 4.78 is 9.82. The normalized spacial score (nSPS) is 19.5. The first-order chi connectivity index (χ1) is 13.5. The zero-order chi connectivity index (χ0) is 19.7. The van der Waals surface area contributed by atoms with Gasteiger partial charge in [0.25, 0.3) is 0 Å². The van der Waals surface area contributed by atoms with Crippen molar-refractivity contribution in [1.82, 2.24) is 29.3 Å². The number of nitrogens with zero attached hydrogens (tertiary/aromatic N) is 6. The molecule has 0 aromatic carbocycles. The summed E-state index contributed by atoms with van der Waals surface area (Å²) in [7, 11) is 3.71. The topological polar surface area (TPSA) is 77.6 Å². The van der Waals surface area contributed by atoms with E-state index in [4.69, 9.17) is 9.72 Å². The Morgan fingerprint density at radius 3 is 2.75 bits per heavy atom. The second-order valence-corrected chi connectivity index (χ2v) is 7.20. The molecule has 8 nitrogen and oxygen atoms in total. The van der Waals surface area contributed by atoms with Crippen LogP contribution in [0, 0.1) is 0 Å². The highest BCUT2D eigenvalue weighted by Gasteiger charge is 2.27. The highest BCUT2D eigenvalue weighted by molar-refractivity contribution is 5.87. The number of ether oxygens (including phenoxy) is 1. The minimum absolute atomic E-state index is 0.0313. The lowest BCUT2D eigenvalue weighted by Crippen LogP contribution is -2.40. The van der Waals surface area contributed by atoms with Crippen LogP contribution in [-0.2, 0) is 11.8 Å². The number of carbonyl (C=O) groups is 1. The third kappa shape index (κ3) is 3.49. The average molecular weight is 380 g/mol. The van der Waals surface area contributed by atoms with E-state index in [0.29, 0.717) is 5.88 Å². The van der Waals surface area contributed by atoms with Crippen LogP contribution in [0.5, 0.6) is 5.88 Å². The first-order valence-corrected chi connectivity index (χ1v) is 9.44. The van der Waals surface area contributed by atoms with Crippen molar-refractivity contribution in [3.8, 4) is 17.1 Å². The summed E-state index contributed by atoms with van der Waals surface area (Å²) in [6, 6.07) is 2.13. The maximum absolute atomic E-state index is 11.8. The molecule has 3 aromatic rings. The van der Waals surface area contributed by atoms with E-state index in [1.165, 1.54) is 6.08 Å². The summed E-state index contributed by atoms with van der Waals surface area (Å²) in [6.45, 7) is 3.57. The molecule has 1 aliphatic rings. The van der Waals surface area contributed by atoms with Crippen molar-refractivity contribution >= 4 is 11.4 Å². The summed E-state index contributed by atoms with van der Waals surface area (Å²) >= 11 is 0. The van der Waals surface area contributed by atoms with Gasteiger partial charge in [-0.05, 0) is 37.8 Å². The van der Waals surface area contributed by atoms with E-state index in [0.717, 1.165) is 42.5 Å². The van der Waals surface area contributed by atoms with Gasteiger partial charge in [-0.1, -0.05) is 6.58 Å². The van der Waals surface area contributed by atoms with Crippen LogP contribution in [0.4, 0.5) is 0 Å². The van der Waals surface area contributed by atoms with Crippen molar-refractivity contribution in [2.24, 2.45) is 7.05 Å². The first kappa shape index (κ1) is 18.2. The molecule has 146 valence electrons. The van der Waals surface area contributed by atoms with Gasteiger partial charge in [-0.2, -0.15) is 10.2 Å². The second kappa shape index (κ2) is 7.46. The first-order valence-electron chi connectivity index (χ1n) is 9.44. The predicted molar refractivity (Wildman–Crippen MR) is 105 cm³/mol. The summed E-state index contributed by atoms with van der Waals surface area (Å²) in [4.78, 5) is 18.3. The summed E-state index contributed by atoms with van der Waals surface area (Å²) in [5.74, 6) is 0.550. The fourth-order valence-electron chi connectivity index (χ4n) is 3.71. The lowest BCUT2D eigenvalue weighted by atomic mass is 9.92. The van der Waals surface area contributed by atoms with E-state index in [2.05, 4.69) is 16.8 Å². The van der Waals surface area contributed by atoms with Gasteiger partial charge in [-0.3, -0.25) is 9.48 Å². The molecule has 1 saturated carbocycles. The third-order valence-electron chi connectivity index (χ3n) is 5.35. The number of hydrogen-bond donors (Lipinski definition) is 0. The molecule has 8 heteroatoms. The SMILES string of the molecule is C=CC(=O)N(C)C1CCC(Oc2nc(-c3cnn(C)c3)cn3nccc23)CC1. The van der Waals surface area contributed by atoms with Crippen molar-refractivity contribution in [2.45, 2.75) is 37.8 Å². The molecule has 0 aliphatic heterocycles. The van der Waals surface area contributed by atoms with Gasteiger partial charge < -0.3 is 9.64 Å². The molecule has 1 amide bonds. The van der Waals surface area contributed by atoms with Crippen LogP contribution >= 0.6 is 0 Å². The van der Waals surface area contributed by atoms with Crippen LogP contribution in [0.1, 0.15) is 25.7 Å². The number of rotatable bonds is 5. The quantitative estimate of drug-likeness (QED) is 0.636. The van der Waals surface area contributed by atoms with Crippen LogP contribution < -0.4 is 4.74 Å². The van der Waals surface area contributed by atoms with Crippen LogP contribution in [0.2, 0.25) is 0 Å². The van der Waals surface area contributed by atoms with E-state index in [-0.39, 0.29) is 18.1 Å². The fourth-order valence-corrected chi connectivity index (χ4v) is 3.71. The highest BCUT2D eigenvalue weighted by Crippen LogP contribution is 2.29. The molecule has 0 spiro atoms. The van der Waals surface area contributed by atoms with E-state index in [9.17, 15) is 4.79 Å². The van der Waals surface area contributed by atoms with E-state index < -0.39 is 0 Å². The van der Waals surface area contributed by atoms with Crippen LogP contribution in [0.3, 0.4) is 0 Å². The van der Waals surface area contributed by atoms with Gasteiger partial charge in [-0.15, -0.1) is 0 Å².